The van der Waals surface area contributed by atoms with Gasteiger partial charge in [-0.3, -0.25) is 0 Å². The summed E-state index contributed by atoms with van der Waals surface area (Å²) in [7, 11) is 3.23. The lowest BCUT2D eigenvalue weighted by atomic mass is 10.1. The minimum absolute atomic E-state index is 0.460. The Hall–Kier alpha value is -1.13. The number of halogens is 1. The van der Waals surface area contributed by atoms with Crippen molar-refractivity contribution in [3.8, 4) is 11.5 Å². The Morgan fingerprint density at radius 3 is 2.39 bits per heavy atom. The molecule has 18 heavy (non-hydrogen) atoms. The molecule has 0 radical (unpaired) electrons. The van der Waals surface area contributed by atoms with Crippen molar-refractivity contribution in [2.24, 2.45) is 0 Å². The van der Waals surface area contributed by atoms with Crippen LogP contribution in [0.1, 0.15) is 12.8 Å². The standard InChI is InChI=1S/C13H19ClN2O2/c1-17-12-7-10(14)11(8-13(12)18-2)16-9-3-5-15-6-4-9/h7-9,15-16H,3-6H2,1-2H3. The van der Waals surface area contributed by atoms with Crippen molar-refractivity contribution in [2.45, 2.75) is 18.9 Å². The molecular formula is C13H19ClN2O2. The number of piperidine rings is 1. The van der Waals surface area contributed by atoms with Gasteiger partial charge in [0, 0.05) is 18.2 Å². The van der Waals surface area contributed by atoms with Gasteiger partial charge in [-0.1, -0.05) is 11.6 Å². The highest BCUT2D eigenvalue weighted by Crippen LogP contribution is 2.36. The second-order valence-corrected chi connectivity index (χ2v) is 4.76. The zero-order chi connectivity index (χ0) is 13.0. The second kappa shape index (κ2) is 6.16. The largest absolute Gasteiger partial charge is 0.493 e. The maximum Gasteiger partial charge on any atom is 0.162 e. The molecule has 0 bridgehead atoms. The van der Waals surface area contributed by atoms with Crippen LogP contribution in [0, 0.1) is 0 Å². The Balaban J connectivity index is 2.16. The predicted molar refractivity (Wildman–Crippen MR) is 74.1 cm³/mol. The van der Waals surface area contributed by atoms with Gasteiger partial charge in [0.2, 0.25) is 0 Å². The number of hydrogen-bond donors (Lipinski definition) is 2. The number of rotatable bonds is 4. The van der Waals surface area contributed by atoms with Crippen molar-refractivity contribution in [3.05, 3.63) is 17.2 Å². The zero-order valence-electron chi connectivity index (χ0n) is 10.8. The molecule has 100 valence electrons. The highest BCUT2D eigenvalue weighted by molar-refractivity contribution is 6.33. The third-order valence-electron chi connectivity index (χ3n) is 3.17. The first-order chi connectivity index (χ1) is 8.74. The van der Waals surface area contributed by atoms with Crippen molar-refractivity contribution in [1.82, 2.24) is 5.32 Å². The second-order valence-electron chi connectivity index (χ2n) is 4.36. The van der Waals surface area contributed by atoms with Crippen molar-refractivity contribution in [1.29, 1.82) is 0 Å². The molecule has 0 spiro atoms. The topological polar surface area (TPSA) is 42.5 Å². The Kier molecular flexibility index (Phi) is 4.55. The molecule has 1 aliphatic rings. The van der Waals surface area contributed by atoms with Gasteiger partial charge >= 0.3 is 0 Å². The summed E-state index contributed by atoms with van der Waals surface area (Å²) in [6.45, 7) is 2.09. The minimum Gasteiger partial charge on any atom is -0.493 e. The molecule has 1 aromatic carbocycles. The van der Waals surface area contributed by atoms with E-state index in [2.05, 4.69) is 10.6 Å². The molecule has 0 aromatic heterocycles. The maximum absolute atomic E-state index is 6.24. The first-order valence-corrected chi connectivity index (χ1v) is 6.51. The molecule has 1 aromatic rings. The fourth-order valence-corrected chi connectivity index (χ4v) is 2.36. The molecule has 1 saturated heterocycles. The van der Waals surface area contributed by atoms with Crippen LogP contribution in [0.15, 0.2) is 12.1 Å². The van der Waals surface area contributed by atoms with Crippen LogP contribution in [0.2, 0.25) is 5.02 Å². The Labute approximate surface area is 113 Å². The summed E-state index contributed by atoms with van der Waals surface area (Å²) in [5, 5.41) is 7.46. The molecule has 0 saturated carbocycles. The van der Waals surface area contributed by atoms with E-state index in [9.17, 15) is 0 Å². The Morgan fingerprint density at radius 2 is 1.78 bits per heavy atom. The van der Waals surface area contributed by atoms with Crippen molar-refractivity contribution >= 4 is 17.3 Å². The normalized spacial score (nSPS) is 16.4. The van der Waals surface area contributed by atoms with E-state index < -0.39 is 0 Å². The summed E-state index contributed by atoms with van der Waals surface area (Å²) in [5.74, 6) is 1.34. The summed E-state index contributed by atoms with van der Waals surface area (Å²) in [6, 6.07) is 4.13. The van der Waals surface area contributed by atoms with Crippen LogP contribution in [0.5, 0.6) is 11.5 Å². The van der Waals surface area contributed by atoms with Crippen LogP contribution in [-0.4, -0.2) is 33.4 Å². The van der Waals surface area contributed by atoms with Gasteiger partial charge in [-0.25, -0.2) is 0 Å². The van der Waals surface area contributed by atoms with E-state index in [0.29, 0.717) is 22.6 Å². The number of benzene rings is 1. The van der Waals surface area contributed by atoms with E-state index >= 15 is 0 Å². The van der Waals surface area contributed by atoms with E-state index in [-0.39, 0.29) is 0 Å². The molecule has 5 heteroatoms. The predicted octanol–water partition coefficient (Wildman–Crippen LogP) is 2.52. The smallest absolute Gasteiger partial charge is 0.162 e. The number of anilines is 1. The lowest BCUT2D eigenvalue weighted by molar-refractivity contribution is 0.355. The van der Waals surface area contributed by atoms with Gasteiger partial charge in [0.05, 0.1) is 24.9 Å². The molecule has 0 amide bonds. The summed E-state index contributed by atoms with van der Waals surface area (Å²) in [4.78, 5) is 0. The van der Waals surface area contributed by atoms with Crippen LogP contribution in [0.3, 0.4) is 0 Å². The highest BCUT2D eigenvalue weighted by atomic mass is 35.5. The van der Waals surface area contributed by atoms with Gasteiger partial charge in [-0.05, 0) is 25.9 Å². The maximum atomic E-state index is 6.24. The molecular weight excluding hydrogens is 252 g/mol. The Morgan fingerprint density at radius 1 is 1.17 bits per heavy atom. The van der Waals surface area contributed by atoms with Gasteiger partial charge in [0.1, 0.15) is 0 Å². The first kappa shape index (κ1) is 13.3. The van der Waals surface area contributed by atoms with Gasteiger partial charge in [-0.2, -0.15) is 0 Å². The van der Waals surface area contributed by atoms with Gasteiger partial charge < -0.3 is 20.1 Å². The Bertz CT molecular complexity index is 406. The van der Waals surface area contributed by atoms with Crippen molar-refractivity contribution in [2.75, 3.05) is 32.6 Å². The quantitative estimate of drug-likeness (QED) is 0.882. The van der Waals surface area contributed by atoms with E-state index in [1.54, 1.807) is 20.3 Å². The highest BCUT2D eigenvalue weighted by Gasteiger charge is 2.16. The molecule has 2 rings (SSSR count). The third-order valence-corrected chi connectivity index (χ3v) is 3.48. The molecule has 1 aliphatic heterocycles. The minimum atomic E-state index is 0.460. The van der Waals surface area contributed by atoms with Crippen LogP contribution >= 0.6 is 11.6 Å². The molecule has 1 heterocycles. The third kappa shape index (κ3) is 3.00. The molecule has 0 unspecified atom stereocenters. The van der Waals surface area contributed by atoms with Crippen molar-refractivity contribution < 1.29 is 9.47 Å². The molecule has 4 nitrogen and oxygen atoms in total. The summed E-state index contributed by atoms with van der Waals surface area (Å²) < 4.78 is 10.5. The summed E-state index contributed by atoms with van der Waals surface area (Å²) in [5.41, 5.74) is 0.904. The van der Waals surface area contributed by atoms with E-state index in [1.165, 1.54) is 0 Å². The number of hydrogen-bond acceptors (Lipinski definition) is 4. The lowest BCUT2D eigenvalue weighted by Gasteiger charge is -2.25. The molecule has 0 atom stereocenters. The summed E-state index contributed by atoms with van der Waals surface area (Å²) >= 11 is 6.24. The van der Waals surface area contributed by atoms with Crippen LogP contribution in [0.25, 0.3) is 0 Å². The average Bonchev–Trinajstić information content (AvgIpc) is 2.41. The van der Waals surface area contributed by atoms with Gasteiger partial charge in [-0.15, -0.1) is 0 Å². The van der Waals surface area contributed by atoms with Crippen LogP contribution < -0.4 is 20.1 Å². The van der Waals surface area contributed by atoms with Gasteiger partial charge in [0.15, 0.2) is 11.5 Å². The fourth-order valence-electron chi connectivity index (χ4n) is 2.15. The molecule has 1 fully saturated rings. The fraction of sp³-hybridized carbons (Fsp3) is 0.538. The number of methoxy groups -OCH3 is 2. The number of nitrogens with one attached hydrogen (secondary N) is 2. The van der Waals surface area contributed by atoms with Gasteiger partial charge in [0.25, 0.3) is 0 Å². The van der Waals surface area contributed by atoms with Crippen LogP contribution in [-0.2, 0) is 0 Å². The lowest BCUT2D eigenvalue weighted by Crippen LogP contribution is -2.35. The van der Waals surface area contributed by atoms with E-state index in [0.717, 1.165) is 31.6 Å². The molecule has 2 N–H and O–H groups in total. The van der Waals surface area contributed by atoms with E-state index in [4.69, 9.17) is 21.1 Å². The number of ether oxygens (including phenoxy) is 2. The first-order valence-electron chi connectivity index (χ1n) is 6.13. The van der Waals surface area contributed by atoms with E-state index in [1.807, 2.05) is 6.07 Å². The van der Waals surface area contributed by atoms with Crippen molar-refractivity contribution in [3.63, 3.8) is 0 Å². The monoisotopic (exact) mass is 270 g/mol. The zero-order valence-corrected chi connectivity index (χ0v) is 11.5. The SMILES string of the molecule is COc1cc(Cl)c(NC2CCNCC2)cc1OC. The van der Waals surface area contributed by atoms with Crippen LogP contribution in [0.4, 0.5) is 5.69 Å². The molecule has 0 aliphatic carbocycles. The summed E-state index contributed by atoms with van der Waals surface area (Å²) in [6.07, 6.45) is 2.20. The average molecular weight is 271 g/mol.